The molecule has 26 heavy (non-hydrogen) atoms. The summed E-state index contributed by atoms with van der Waals surface area (Å²) >= 11 is 0. The molecule has 0 saturated carbocycles. The van der Waals surface area contributed by atoms with E-state index in [2.05, 4.69) is 0 Å². The molecule has 8 heteroatoms. The van der Waals surface area contributed by atoms with Gasteiger partial charge in [-0.05, 0) is 43.3 Å². The Balaban J connectivity index is 1.79. The van der Waals surface area contributed by atoms with Crippen LogP contribution in [0, 0.1) is 0 Å². The molecule has 1 unspecified atom stereocenters. The van der Waals surface area contributed by atoms with Crippen LogP contribution in [-0.4, -0.2) is 30.6 Å². The number of amides is 3. The first-order chi connectivity index (χ1) is 12.4. The van der Waals surface area contributed by atoms with Crippen LogP contribution >= 0.6 is 0 Å². The Kier molecular flexibility index (Phi) is 6.55. The Hall–Kier alpha value is -3.55. The summed E-state index contributed by atoms with van der Waals surface area (Å²) in [5, 5.41) is 1.82. The third-order valence-electron chi connectivity index (χ3n) is 3.08. The van der Waals surface area contributed by atoms with Crippen molar-refractivity contribution < 1.29 is 28.6 Å². The molecule has 0 aliphatic heterocycles. The number of carbonyl (C=O) groups excluding carboxylic acids is 3. The highest BCUT2D eigenvalue weighted by molar-refractivity contribution is 5.96. The molecular formula is C18H18N2O6. The predicted molar refractivity (Wildman–Crippen MR) is 91.7 cm³/mol. The highest BCUT2D eigenvalue weighted by atomic mass is 16.6. The van der Waals surface area contributed by atoms with E-state index in [9.17, 15) is 14.4 Å². The Morgan fingerprint density at radius 3 is 2.15 bits per heavy atom. The van der Waals surface area contributed by atoms with Gasteiger partial charge in [0.2, 0.25) is 0 Å². The van der Waals surface area contributed by atoms with Gasteiger partial charge in [-0.2, -0.15) is 0 Å². The first-order valence-corrected chi connectivity index (χ1v) is 7.69. The number of rotatable bonds is 7. The van der Waals surface area contributed by atoms with Gasteiger partial charge in [-0.1, -0.05) is 18.2 Å². The minimum absolute atomic E-state index is 0.396. The zero-order valence-corrected chi connectivity index (χ0v) is 14.0. The smallest absolute Gasteiger partial charge is 0.344 e. The van der Waals surface area contributed by atoms with Gasteiger partial charge in [0.05, 0.1) is 0 Å². The number of imide groups is 1. The molecule has 0 aliphatic carbocycles. The average Bonchev–Trinajstić information content (AvgIpc) is 2.61. The maximum absolute atomic E-state index is 11.7. The molecule has 3 amide bonds. The van der Waals surface area contributed by atoms with Gasteiger partial charge in [-0.15, -0.1) is 0 Å². The van der Waals surface area contributed by atoms with Crippen LogP contribution < -0.4 is 20.5 Å². The van der Waals surface area contributed by atoms with Gasteiger partial charge in [-0.3, -0.25) is 10.1 Å². The van der Waals surface area contributed by atoms with Crippen LogP contribution in [0.1, 0.15) is 6.92 Å². The summed E-state index contributed by atoms with van der Waals surface area (Å²) in [6.07, 6.45) is -1.17. The van der Waals surface area contributed by atoms with E-state index >= 15 is 0 Å². The van der Waals surface area contributed by atoms with Gasteiger partial charge in [0.25, 0.3) is 5.91 Å². The fourth-order valence-electron chi connectivity index (χ4n) is 1.88. The lowest BCUT2D eigenvalue weighted by molar-refractivity contribution is -0.156. The zero-order valence-electron chi connectivity index (χ0n) is 14.0. The number of ether oxygens (including phenoxy) is 3. The molecule has 136 valence electrons. The van der Waals surface area contributed by atoms with E-state index in [1.165, 1.54) is 6.92 Å². The van der Waals surface area contributed by atoms with Crippen molar-refractivity contribution in [3.63, 3.8) is 0 Å². The second-order valence-corrected chi connectivity index (χ2v) is 5.16. The Bertz CT molecular complexity index is 761. The van der Waals surface area contributed by atoms with E-state index in [1.54, 1.807) is 24.3 Å². The number of hydrogen-bond donors (Lipinski definition) is 2. The molecule has 3 N–H and O–H groups in total. The van der Waals surface area contributed by atoms with Crippen molar-refractivity contribution in [2.24, 2.45) is 5.73 Å². The molecular weight excluding hydrogens is 340 g/mol. The Morgan fingerprint density at radius 1 is 0.962 bits per heavy atom. The highest BCUT2D eigenvalue weighted by Crippen LogP contribution is 2.23. The van der Waals surface area contributed by atoms with Crippen LogP contribution in [0.25, 0.3) is 0 Å². The lowest BCUT2D eigenvalue weighted by atomic mass is 10.3. The van der Waals surface area contributed by atoms with Crippen molar-refractivity contribution in [1.82, 2.24) is 5.32 Å². The minimum atomic E-state index is -1.17. The molecule has 0 aliphatic rings. The van der Waals surface area contributed by atoms with Crippen molar-refractivity contribution in [2.75, 3.05) is 6.61 Å². The zero-order chi connectivity index (χ0) is 18.9. The molecule has 2 aromatic rings. The first kappa shape index (κ1) is 18.8. The number of hydrogen-bond acceptors (Lipinski definition) is 6. The number of esters is 1. The monoisotopic (exact) mass is 358 g/mol. The molecule has 8 nitrogen and oxygen atoms in total. The van der Waals surface area contributed by atoms with Gasteiger partial charge >= 0.3 is 12.0 Å². The lowest BCUT2D eigenvalue weighted by Crippen LogP contribution is -2.42. The molecule has 0 spiro atoms. The van der Waals surface area contributed by atoms with Gasteiger partial charge in [0, 0.05) is 0 Å². The molecule has 2 rings (SSSR count). The first-order valence-electron chi connectivity index (χ1n) is 7.69. The third kappa shape index (κ3) is 6.16. The van der Waals surface area contributed by atoms with E-state index in [1.807, 2.05) is 35.6 Å². The van der Waals surface area contributed by atoms with Crippen molar-refractivity contribution in [3.05, 3.63) is 54.6 Å². The van der Waals surface area contributed by atoms with E-state index in [0.29, 0.717) is 17.2 Å². The molecule has 2 aromatic carbocycles. The molecule has 1 atom stereocenters. The minimum Gasteiger partial charge on any atom is -0.482 e. The number of para-hydroxylation sites is 1. The normalized spacial score (nSPS) is 11.1. The summed E-state index contributed by atoms with van der Waals surface area (Å²) in [5.74, 6) is 0.169. The number of primary amides is 1. The second-order valence-electron chi connectivity index (χ2n) is 5.16. The average molecular weight is 358 g/mol. The fourth-order valence-corrected chi connectivity index (χ4v) is 1.88. The lowest BCUT2D eigenvalue weighted by Gasteiger charge is -2.12. The van der Waals surface area contributed by atoms with Crippen LogP contribution in [0.3, 0.4) is 0 Å². The van der Waals surface area contributed by atoms with Crippen LogP contribution in [0.2, 0.25) is 0 Å². The van der Waals surface area contributed by atoms with Crippen LogP contribution in [0.5, 0.6) is 17.2 Å². The Morgan fingerprint density at radius 2 is 1.54 bits per heavy atom. The van der Waals surface area contributed by atoms with E-state index < -0.39 is 30.6 Å². The molecule has 0 fully saturated rings. The van der Waals surface area contributed by atoms with Crippen molar-refractivity contribution in [1.29, 1.82) is 0 Å². The van der Waals surface area contributed by atoms with Crippen molar-refractivity contribution >= 4 is 17.9 Å². The summed E-state index contributed by atoms with van der Waals surface area (Å²) in [6.45, 7) is 0.916. The number of nitrogens with one attached hydrogen (secondary N) is 1. The van der Waals surface area contributed by atoms with Crippen molar-refractivity contribution in [3.8, 4) is 17.2 Å². The molecule has 0 heterocycles. The highest BCUT2D eigenvalue weighted by Gasteiger charge is 2.19. The maximum Gasteiger partial charge on any atom is 0.344 e. The number of benzene rings is 2. The summed E-state index contributed by atoms with van der Waals surface area (Å²) in [7, 11) is 0. The van der Waals surface area contributed by atoms with Gasteiger partial charge < -0.3 is 19.9 Å². The third-order valence-corrected chi connectivity index (χ3v) is 3.08. The van der Waals surface area contributed by atoms with E-state index in [4.69, 9.17) is 19.9 Å². The number of nitrogens with two attached hydrogens (primary N) is 1. The molecule has 0 radical (unpaired) electrons. The van der Waals surface area contributed by atoms with Gasteiger partial charge in [-0.25, -0.2) is 9.59 Å². The summed E-state index contributed by atoms with van der Waals surface area (Å²) in [5.41, 5.74) is 4.81. The number of urea groups is 1. The molecule has 0 bridgehead atoms. The van der Waals surface area contributed by atoms with E-state index in [-0.39, 0.29) is 0 Å². The standard InChI is InChI=1S/C18H18N2O6/c1-12(17(22)20-18(19)23)25-16(21)11-24-13-7-9-15(10-8-13)26-14-5-3-2-4-6-14/h2-10,12H,11H2,1H3,(H3,19,20,22,23). The van der Waals surface area contributed by atoms with E-state index in [0.717, 1.165) is 0 Å². The van der Waals surface area contributed by atoms with Crippen LogP contribution in [-0.2, 0) is 14.3 Å². The second kappa shape index (κ2) is 9.07. The number of carbonyl (C=O) groups is 3. The Labute approximate surface area is 149 Å². The molecule has 0 aromatic heterocycles. The predicted octanol–water partition coefficient (Wildman–Crippen LogP) is 1.98. The molecule has 0 saturated heterocycles. The SMILES string of the molecule is CC(OC(=O)COc1ccc(Oc2ccccc2)cc1)C(=O)NC(N)=O. The van der Waals surface area contributed by atoms with Crippen LogP contribution in [0.4, 0.5) is 4.79 Å². The largest absolute Gasteiger partial charge is 0.482 e. The topological polar surface area (TPSA) is 117 Å². The van der Waals surface area contributed by atoms with Gasteiger partial charge in [0.15, 0.2) is 12.7 Å². The van der Waals surface area contributed by atoms with Crippen LogP contribution in [0.15, 0.2) is 54.6 Å². The van der Waals surface area contributed by atoms with Crippen molar-refractivity contribution in [2.45, 2.75) is 13.0 Å². The fraction of sp³-hybridized carbons (Fsp3) is 0.167. The maximum atomic E-state index is 11.7. The summed E-state index contributed by atoms with van der Waals surface area (Å²) in [6, 6.07) is 14.9. The quantitative estimate of drug-likeness (QED) is 0.731. The summed E-state index contributed by atoms with van der Waals surface area (Å²) in [4.78, 5) is 33.6. The van der Waals surface area contributed by atoms with Gasteiger partial charge in [0.1, 0.15) is 17.2 Å². The summed E-state index contributed by atoms with van der Waals surface area (Å²) < 4.78 is 15.8.